The third-order valence-electron chi connectivity index (χ3n) is 2.67. The summed E-state index contributed by atoms with van der Waals surface area (Å²) in [5, 5.41) is 9.59. The van der Waals surface area contributed by atoms with Crippen molar-refractivity contribution in [3.8, 4) is 5.75 Å². The average Bonchev–Trinajstić information content (AvgIpc) is 2.47. The zero-order valence-electron chi connectivity index (χ0n) is 10.9. The van der Waals surface area contributed by atoms with Gasteiger partial charge in [-0.3, -0.25) is 0 Å². The monoisotopic (exact) mass is 322 g/mol. The summed E-state index contributed by atoms with van der Waals surface area (Å²) in [7, 11) is 0. The van der Waals surface area contributed by atoms with Crippen molar-refractivity contribution in [1.82, 2.24) is 0 Å². The number of benzene rings is 2. The van der Waals surface area contributed by atoms with Gasteiger partial charge in [0.1, 0.15) is 12.4 Å². The van der Waals surface area contributed by atoms with Crippen LogP contribution < -0.4 is 4.74 Å². The van der Waals surface area contributed by atoms with Crippen LogP contribution in [0.3, 0.4) is 0 Å². The van der Waals surface area contributed by atoms with Gasteiger partial charge in [0.05, 0.1) is 10.0 Å². The number of aliphatic carboxylic acids is 1. The molecule has 0 aromatic heterocycles. The minimum atomic E-state index is -0.989. The molecule has 1 N–H and O–H groups in total. The van der Waals surface area contributed by atoms with E-state index in [2.05, 4.69) is 0 Å². The summed E-state index contributed by atoms with van der Waals surface area (Å²) in [4.78, 5) is 10.5. The largest absolute Gasteiger partial charge is 0.489 e. The van der Waals surface area contributed by atoms with Gasteiger partial charge in [-0.25, -0.2) is 4.79 Å². The first-order chi connectivity index (χ1) is 10.0. The highest BCUT2D eigenvalue weighted by molar-refractivity contribution is 6.42. The van der Waals surface area contributed by atoms with E-state index in [-0.39, 0.29) is 0 Å². The van der Waals surface area contributed by atoms with Crippen LogP contribution >= 0.6 is 23.2 Å². The molecule has 3 nitrogen and oxygen atoms in total. The van der Waals surface area contributed by atoms with E-state index in [1.54, 1.807) is 36.4 Å². The Labute approximate surface area is 132 Å². The van der Waals surface area contributed by atoms with Crippen LogP contribution in [0.2, 0.25) is 10.0 Å². The number of carboxylic acid groups (broad SMARTS) is 1. The first kappa shape index (κ1) is 15.4. The number of ether oxygens (including phenoxy) is 1. The smallest absolute Gasteiger partial charge is 0.328 e. The van der Waals surface area contributed by atoms with Crippen LogP contribution in [-0.2, 0) is 11.4 Å². The number of hydrogen-bond acceptors (Lipinski definition) is 2. The first-order valence-electron chi connectivity index (χ1n) is 6.12. The van der Waals surface area contributed by atoms with Crippen molar-refractivity contribution in [3.05, 3.63) is 69.7 Å². The van der Waals surface area contributed by atoms with Crippen molar-refractivity contribution < 1.29 is 14.6 Å². The molecule has 0 bridgehead atoms. The van der Waals surface area contributed by atoms with Gasteiger partial charge in [-0.15, -0.1) is 0 Å². The maximum Gasteiger partial charge on any atom is 0.328 e. The van der Waals surface area contributed by atoms with Gasteiger partial charge in [-0.05, 0) is 41.5 Å². The molecule has 2 aromatic carbocycles. The molecule has 2 rings (SSSR count). The van der Waals surface area contributed by atoms with Crippen LogP contribution in [0, 0.1) is 0 Å². The Morgan fingerprint density at radius 2 is 1.95 bits per heavy atom. The minimum Gasteiger partial charge on any atom is -0.489 e. The van der Waals surface area contributed by atoms with Gasteiger partial charge in [0.25, 0.3) is 0 Å². The highest BCUT2D eigenvalue weighted by atomic mass is 35.5. The number of carboxylic acids is 1. The number of rotatable bonds is 5. The van der Waals surface area contributed by atoms with Gasteiger partial charge >= 0.3 is 5.97 Å². The summed E-state index contributed by atoms with van der Waals surface area (Å²) < 4.78 is 5.65. The van der Waals surface area contributed by atoms with Crippen LogP contribution in [-0.4, -0.2) is 11.1 Å². The Kier molecular flexibility index (Phi) is 5.26. The van der Waals surface area contributed by atoms with Crippen molar-refractivity contribution in [2.45, 2.75) is 6.61 Å². The fourth-order valence-electron chi connectivity index (χ4n) is 1.67. The van der Waals surface area contributed by atoms with Gasteiger partial charge in [0.2, 0.25) is 0 Å². The topological polar surface area (TPSA) is 46.5 Å². The fraction of sp³-hybridized carbons (Fsp3) is 0.0625. The van der Waals surface area contributed by atoms with E-state index in [4.69, 9.17) is 33.0 Å². The van der Waals surface area contributed by atoms with E-state index in [0.717, 1.165) is 17.2 Å². The SMILES string of the molecule is O=C(O)C=Cc1cccc(OCc2ccc(Cl)c(Cl)c2)c1. The highest BCUT2D eigenvalue weighted by Crippen LogP contribution is 2.23. The lowest BCUT2D eigenvalue weighted by molar-refractivity contribution is -0.131. The Morgan fingerprint density at radius 1 is 1.14 bits per heavy atom. The van der Waals surface area contributed by atoms with Gasteiger partial charge in [0, 0.05) is 6.08 Å². The van der Waals surface area contributed by atoms with E-state index in [9.17, 15) is 4.79 Å². The average molecular weight is 323 g/mol. The Morgan fingerprint density at radius 3 is 2.67 bits per heavy atom. The lowest BCUT2D eigenvalue weighted by Gasteiger charge is -2.08. The second-order valence-electron chi connectivity index (χ2n) is 4.28. The Balaban J connectivity index is 2.04. The normalized spacial score (nSPS) is 10.8. The highest BCUT2D eigenvalue weighted by Gasteiger charge is 2.01. The van der Waals surface area contributed by atoms with Crippen LogP contribution in [0.5, 0.6) is 5.75 Å². The molecule has 0 saturated heterocycles. The summed E-state index contributed by atoms with van der Waals surface area (Å²) in [6.45, 7) is 0.350. The third-order valence-corrected chi connectivity index (χ3v) is 3.40. The summed E-state index contributed by atoms with van der Waals surface area (Å²) in [5.41, 5.74) is 1.65. The molecule has 2 aromatic rings. The molecule has 0 spiro atoms. The van der Waals surface area contributed by atoms with Crippen molar-refractivity contribution >= 4 is 35.2 Å². The van der Waals surface area contributed by atoms with E-state index in [1.165, 1.54) is 6.08 Å². The maximum atomic E-state index is 10.5. The Bertz CT molecular complexity index is 681. The lowest BCUT2D eigenvalue weighted by atomic mass is 10.2. The third kappa shape index (κ3) is 4.81. The molecule has 0 radical (unpaired) electrons. The number of halogens is 2. The van der Waals surface area contributed by atoms with Gasteiger partial charge in [-0.1, -0.05) is 41.4 Å². The van der Waals surface area contributed by atoms with E-state index >= 15 is 0 Å². The molecule has 0 heterocycles. The molecular weight excluding hydrogens is 311 g/mol. The standard InChI is InChI=1S/C16H12Cl2O3/c17-14-6-4-12(9-15(14)18)10-21-13-3-1-2-11(8-13)5-7-16(19)20/h1-9H,10H2,(H,19,20). The summed E-state index contributed by atoms with van der Waals surface area (Å²) >= 11 is 11.8. The Hall–Kier alpha value is -1.97. The molecule has 0 aliphatic carbocycles. The number of hydrogen-bond donors (Lipinski definition) is 1. The zero-order chi connectivity index (χ0) is 15.2. The summed E-state index contributed by atoms with van der Waals surface area (Å²) in [6.07, 6.45) is 2.59. The van der Waals surface area contributed by atoms with Crippen LogP contribution in [0.25, 0.3) is 6.08 Å². The molecule has 0 atom stereocenters. The second-order valence-corrected chi connectivity index (χ2v) is 5.10. The van der Waals surface area contributed by atoms with Crippen molar-refractivity contribution in [1.29, 1.82) is 0 Å². The molecule has 0 unspecified atom stereocenters. The fourth-order valence-corrected chi connectivity index (χ4v) is 1.99. The quantitative estimate of drug-likeness (QED) is 0.813. The molecular formula is C16H12Cl2O3. The summed E-state index contributed by atoms with van der Waals surface area (Å²) in [5.74, 6) is -0.342. The maximum absolute atomic E-state index is 10.5. The molecule has 0 aliphatic rings. The van der Waals surface area contributed by atoms with Crippen LogP contribution in [0.1, 0.15) is 11.1 Å². The zero-order valence-corrected chi connectivity index (χ0v) is 12.4. The minimum absolute atomic E-state index is 0.350. The van der Waals surface area contributed by atoms with Crippen LogP contribution in [0.4, 0.5) is 0 Å². The van der Waals surface area contributed by atoms with Gasteiger partial charge < -0.3 is 9.84 Å². The molecule has 0 saturated carbocycles. The van der Waals surface area contributed by atoms with Crippen molar-refractivity contribution in [2.75, 3.05) is 0 Å². The molecule has 0 fully saturated rings. The van der Waals surface area contributed by atoms with Gasteiger partial charge in [0.15, 0.2) is 0 Å². The first-order valence-corrected chi connectivity index (χ1v) is 6.88. The van der Waals surface area contributed by atoms with Crippen LogP contribution in [0.15, 0.2) is 48.5 Å². The molecule has 5 heteroatoms. The lowest BCUT2D eigenvalue weighted by Crippen LogP contribution is -1.95. The second kappa shape index (κ2) is 7.16. The predicted octanol–water partition coefficient (Wildman–Crippen LogP) is 4.67. The predicted molar refractivity (Wildman–Crippen MR) is 83.9 cm³/mol. The van der Waals surface area contributed by atoms with E-state index < -0.39 is 5.97 Å². The number of carbonyl (C=O) groups is 1. The summed E-state index contributed by atoms with van der Waals surface area (Å²) in [6, 6.07) is 12.5. The van der Waals surface area contributed by atoms with Crippen molar-refractivity contribution in [3.63, 3.8) is 0 Å². The molecule has 108 valence electrons. The molecule has 0 aliphatic heterocycles. The van der Waals surface area contributed by atoms with Gasteiger partial charge in [-0.2, -0.15) is 0 Å². The van der Waals surface area contributed by atoms with Crippen molar-refractivity contribution in [2.24, 2.45) is 0 Å². The van der Waals surface area contributed by atoms with E-state index in [0.29, 0.717) is 22.4 Å². The van der Waals surface area contributed by atoms with E-state index in [1.807, 2.05) is 6.07 Å². The molecule has 0 amide bonds. The molecule has 21 heavy (non-hydrogen) atoms.